The van der Waals surface area contributed by atoms with E-state index in [1.165, 1.54) is 36.4 Å². The zero-order chi connectivity index (χ0) is 21.1. The zero-order valence-corrected chi connectivity index (χ0v) is 17.5. The van der Waals surface area contributed by atoms with E-state index in [9.17, 15) is 17.7 Å². The van der Waals surface area contributed by atoms with Gasteiger partial charge in [0.15, 0.2) is 5.75 Å². The summed E-state index contributed by atoms with van der Waals surface area (Å²) in [5.41, 5.74) is 1.72. The van der Waals surface area contributed by atoms with E-state index in [1.54, 1.807) is 48.2 Å². The topological polar surface area (TPSA) is 35.4 Å². The van der Waals surface area contributed by atoms with E-state index in [2.05, 4.69) is 4.99 Å². The van der Waals surface area contributed by atoms with Crippen molar-refractivity contribution in [2.24, 2.45) is 4.99 Å². The first-order valence-electron chi connectivity index (χ1n) is 9.33. The van der Waals surface area contributed by atoms with Crippen LogP contribution in [-0.2, 0) is 15.9 Å². The summed E-state index contributed by atoms with van der Waals surface area (Å²) in [5, 5.41) is 0.782. The van der Waals surface area contributed by atoms with Crippen LogP contribution in [0.4, 0.5) is 13.2 Å². The lowest BCUT2D eigenvalue weighted by molar-refractivity contribution is 0.572. The highest BCUT2D eigenvalue weighted by molar-refractivity contribution is 8.15. The quantitative estimate of drug-likeness (QED) is 0.382. The van der Waals surface area contributed by atoms with Crippen molar-refractivity contribution in [3.63, 3.8) is 0 Å². The van der Waals surface area contributed by atoms with Crippen molar-refractivity contribution in [3.8, 4) is 0 Å². The van der Waals surface area contributed by atoms with E-state index < -0.39 is 33.4 Å². The lowest BCUT2D eigenvalue weighted by Gasteiger charge is -2.37. The van der Waals surface area contributed by atoms with Gasteiger partial charge in [-0.2, -0.15) is 0 Å². The van der Waals surface area contributed by atoms with Gasteiger partial charge in [-0.15, -0.1) is 11.8 Å². The Kier molecular flexibility index (Phi) is 6.22. The molecule has 0 N–H and O–H groups in total. The first-order chi connectivity index (χ1) is 14.5. The molecule has 1 aliphatic rings. The third kappa shape index (κ3) is 4.02. The average molecular weight is 446 g/mol. The van der Waals surface area contributed by atoms with Crippen LogP contribution in [-0.4, -0.2) is 27.6 Å². The molecule has 1 unspecified atom stereocenters. The molecule has 7 heteroatoms. The van der Waals surface area contributed by atoms with Crippen molar-refractivity contribution in [1.82, 2.24) is 0 Å². The first-order valence-corrected chi connectivity index (χ1v) is 11.6. The molecule has 2 nitrogen and oxygen atoms in total. The highest BCUT2D eigenvalue weighted by atomic mass is 32.2. The number of hydrogen-bond donors (Lipinski definition) is 0. The number of hydrogen-bond acceptors (Lipinski definition) is 3. The summed E-state index contributed by atoms with van der Waals surface area (Å²) >= 11 is -0.0413. The summed E-state index contributed by atoms with van der Waals surface area (Å²) in [6.45, 7) is 0.674. The lowest BCUT2D eigenvalue weighted by atomic mass is 9.84. The molecule has 0 aromatic heterocycles. The standard InChI is InChI=1S/C23H18F3NOS2/c24-19-7-1-16(2-8-19)23(17-3-9-20(25)10-4-17,18-5-11-21(26)12-6-18)30(28)15-22-27-13-14-29-22/h1-12H,13-15H2. The van der Waals surface area contributed by atoms with E-state index in [-0.39, 0.29) is 5.75 Å². The van der Waals surface area contributed by atoms with Gasteiger partial charge in [0.1, 0.15) is 22.5 Å². The predicted molar refractivity (Wildman–Crippen MR) is 117 cm³/mol. The molecule has 3 aromatic rings. The normalized spacial score (nSPS) is 15.1. The van der Waals surface area contributed by atoms with Crippen molar-refractivity contribution in [3.05, 3.63) is 107 Å². The molecular weight excluding hydrogens is 427 g/mol. The van der Waals surface area contributed by atoms with E-state index in [1.807, 2.05) is 0 Å². The summed E-state index contributed by atoms with van der Waals surface area (Å²) in [4.78, 5) is 4.42. The molecule has 4 rings (SSSR count). The number of halogens is 3. The monoisotopic (exact) mass is 445 g/mol. The third-order valence-corrected chi connectivity index (χ3v) is 8.10. The molecule has 0 amide bonds. The summed E-state index contributed by atoms with van der Waals surface area (Å²) in [6, 6.07) is 17.2. The number of aliphatic imine (C=N–C) groups is 1. The van der Waals surface area contributed by atoms with Gasteiger partial charge in [-0.1, -0.05) is 36.4 Å². The molecule has 0 radical (unpaired) electrons. The van der Waals surface area contributed by atoms with Gasteiger partial charge in [0, 0.05) is 29.0 Å². The minimum Gasteiger partial charge on any atom is -0.615 e. The predicted octanol–water partition coefficient (Wildman–Crippen LogP) is 5.29. The molecule has 30 heavy (non-hydrogen) atoms. The lowest BCUT2D eigenvalue weighted by Crippen LogP contribution is -2.41. The molecule has 0 spiro atoms. The summed E-state index contributed by atoms with van der Waals surface area (Å²) in [7, 11) is 0. The SMILES string of the molecule is [O-][S+](CC1=NCCS1)C(c1ccc(F)cc1)(c1ccc(F)cc1)c1ccc(F)cc1. The van der Waals surface area contributed by atoms with E-state index in [0.717, 1.165) is 10.8 Å². The Morgan fingerprint density at radius 1 is 0.767 bits per heavy atom. The maximum Gasteiger partial charge on any atom is 0.201 e. The maximum atomic E-state index is 14.0. The summed E-state index contributed by atoms with van der Waals surface area (Å²) in [5.74, 6) is -0.243. The second kappa shape index (κ2) is 8.88. The molecule has 0 bridgehead atoms. The number of benzene rings is 3. The van der Waals surface area contributed by atoms with Gasteiger partial charge >= 0.3 is 0 Å². The Morgan fingerprint density at radius 3 is 1.50 bits per heavy atom. The Morgan fingerprint density at radius 2 is 1.17 bits per heavy atom. The van der Waals surface area contributed by atoms with Gasteiger partial charge in [0.25, 0.3) is 0 Å². The van der Waals surface area contributed by atoms with E-state index in [4.69, 9.17) is 0 Å². The molecule has 1 heterocycles. The van der Waals surface area contributed by atoms with Crippen LogP contribution in [0.1, 0.15) is 16.7 Å². The minimum absolute atomic E-state index is 0.191. The third-order valence-electron chi connectivity index (χ3n) is 5.00. The van der Waals surface area contributed by atoms with Crippen LogP contribution in [0, 0.1) is 17.5 Å². The first kappa shape index (κ1) is 21.0. The van der Waals surface area contributed by atoms with Crippen LogP contribution in [0.2, 0.25) is 0 Å². The molecule has 0 fully saturated rings. The molecule has 1 aliphatic heterocycles. The molecule has 0 saturated heterocycles. The zero-order valence-electron chi connectivity index (χ0n) is 15.9. The van der Waals surface area contributed by atoms with Crippen molar-refractivity contribution in [2.45, 2.75) is 4.75 Å². The fourth-order valence-electron chi connectivity index (χ4n) is 3.64. The van der Waals surface area contributed by atoms with Gasteiger partial charge in [-0.05, 0) is 47.6 Å². The Bertz CT molecular complexity index is 927. The van der Waals surface area contributed by atoms with Gasteiger partial charge in [-0.25, -0.2) is 13.2 Å². The highest BCUT2D eigenvalue weighted by Gasteiger charge is 2.48. The van der Waals surface area contributed by atoms with Crippen molar-refractivity contribution >= 4 is 28.0 Å². The smallest absolute Gasteiger partial charge is 0.201 e. The van der Waals surface area contributed by atoms with Gasteiger partial charge in [0.2, 0.25) is 4.75 Å². The van der Waals surface area contributed by atoms with Gasteiger partial charge < -0.3 is 4.55 Å². The van der Waals surface area contributed by atoms with Crippen molar-refractivity contribution < 1.29 is 17.7 Å². The number of thioether (sulfide) groups is 1. The summed E-state index contributed by atoms with van der Waals surface area (Å²) in [6.07, 6.45) is 0. The van der Waals surface area contributed by atoms with Crippen LogP contribution in [0.25, 0.3) is 0 Å². The fraction of sp³-hybridized carbons (Fsp3) is 0.174. The van der Waals surface area contributed by atoms with Crippen LogP contribution < -0.4 is 0 Å². The Labute approximate surface area is 180 Å². The van der Waals surface area contributed by atoms with Crippen LogP contribution in [0.15, 0.2) is 77.8 Å². The average Bonchev–Trinajstić information content (AvgIpc) is 3.25. The Hall–Kier alpha value is -2.22. The van der Waals surface area contributed by atoms with Gasteiger partial charge in [-0.3, -0.25) is 4.99 Å². The second-order valence-corrected chi connectivity index (χ2v) is 9.58. The van der Waals surface area contributed by atoms with Crippen LogP contribution in [0.5, 0.6) is 0 Å². The fourth-order valence-corrected chi connectivity index (χ4v) is 6.62. The largest absolute Gasteiger partial charge is 0.615 e. The molecular formula is C23H18F3NOS2. The maximum absolute atomic E-state index is 14.0. The number of nitrogens with zero attached hydrogens (tertiary/aromatic N) is 1. The Balaban J connectivity index is 1.96. The molecule has 3 aromatic carbocycles. The van der Waals surface area contributed by atoms with E-state index >= 15 is 0 Å². The molecule has 154 valence electrons. The number of rotatable bonds is 6. The molecule has 1 atom stereocenters. The second-order valence-electron chi connectivity index (χ2n) is 6.82. The van der Waals surface area contributed by atoms with Crippen LogP contribution in [0.3, 0.4) is 0 Å². The molecule has 0 aliphatic carbocycles. The minimum atomic E-state index is -1.60. The van der Waals surface area contributed by atoms with Crippen LogP contribution >= 0.6 is 11.8 Å². The van der Waals surface area contributed by atoms with Gasteiger partial charge in [0.05, 0.1) is 0 Å². The summed E-state index contributed by atoms with van der Waals surface area (Å²) < 4.78 is 53.9. The highest BCUT2D eigenvalue weighted by Crippen LogP contribution is 2.45. The van der Waals surface area contributed by atoms with E-state index in [0.29, 0.717) is 23.2 Å². The van der Waals surface area contributed by atoms with Crippen molar-refractivity contribution in [1.29, 1.82) is 0 Å². The molecule has 0 saturated carbocycles. The van der Waals surface area contributed by atoms with Crippen molar-refractivity contribution in [2.75, 3.05) is 18.1 Å².